The molecule has 116 valence electrons. The molecule has 6 nitrogen and oxygen atoms in total. The minimum absolute atomic E-state index is 0.529. The Morgan fingerprint density at radius 3 is 2.65 bits per heavy atom. The SMILES string of the molecule is Cc1cc(I)ccc1NC(=O)C(=O)Nc1ccc2nc[nH]c2c1. The third-order valence-electron chi connectivity index (χ3n) is 3.32. The molecule has 0 saturated carbocycles. The lowest BCUT2D eigenvalue weighted by Gasteiger charge is -2.09. The summed E-state index contributed by atoms with van der Waals surface area (Å²) < 4.78 is 1.07. The van der Waals surface area contributed by atoms with Crippen LogP contribution in [0.25, 0.3) is 11.0 Å². The van der Waals surface area contributed by atoms with E-state index < -0.39 is 11.8 Å². The van der Waals surface area contributed by atoms with Crippen molar-refractivity contribution in [2.45, 2.75) is 6.92 Å². The highest BCUT2D eigenvalue weighted by molar-refractivity contribution is 14.1. The first-order valence-corrected chi connectivity index (χ1v) is 7.92. The smallest absolute Gasteiger partial charge is 0.314 e. The quantitative estimate of drug-likeness (QED) is 0.440. The normalized spacial score (nSPS) is 10.5. The molecule has 1 aromatic heterocycles. The first kappa shape index (κ1) is 15.5. The molecule has 3 rings (SSSR count). The first-order valence-electron chi connectivity index (χ1n) is 6.84. The molecular weight excluding hydrogens is 407 g/mol. The summed E-state index contributed by atoms with van der Waals surface area (Å²) >= 11 is 2.19. The number of hydrogen-bond acceptors (Lipinski definition) is 3. The van der Waals surface area contributed by atoms with Crippen molar-refractivity contribution >= 4 is 56.8 Å². The second-order valence-corrected chi connectivity index (χ2v) is 6.25. The fraction of sp³-hybridized carbons (Fsp3) is 0.0625. The number of nitrogens with zero attached hydrogens (tertiary/aromatic N) is 1. The van der Waals surface area contributed by atoms with E-state index in [1.807, 2.05) is 19.1 Å². The largest absolute Gasteiger partial charge is 0.345 e. The summed E-state index contributed by atoms with van der Waals surface area (Å²) in [6, 6.07) is 10.8. The van der Waals surface area contributed by atoms with Crippen LogP contribution >= 0.6 is 22.6 Å². The van der Waals surface area contributed by atoms with Crippen LogP contribution in [0.5, 0.6) is 0 Å². The molecule has 3 N–H and O–H groups in total. The van der Waals surface area contributed by atoms with Gasteiger partial charge in [0.1, 0.15) is 0 Å². The number of imidazole rings is 1. The van der Waals surface area contributed by atoms with Crippen LogP contribution in [-0.2, 0) is 9.59 Å². The van der Waals surface area contributed by atoms with E-state index in [0.717, 1.165) is 20.2 Å². The first-order chi connectivity index (χ1) is 11.0. The number of aromatic nitrogens is 2. The van der Waals surface area contributed by atoms with Crippen molar-refractivity contribution in [1.29, 1.82) is 0 Å². The number of fused-ring (bicyclic) bond motifs is 1. The highest BCUT2D eigenvalue weighted by Gasteiger charge is 2.15. The maximum Gasteiger partial charge on any atom is 0.314 e. The van der Waals surface area contributed by atoms with Crippen LogP contribution in [0.4, 0.5) is 11.4 Å². The molecule has 3 aromatic rings. The molecule has 0 spiro atoms. The standard InChI is InChI=1S/C16H13IN4O2/c1-9-6-10(17)2-4-12(9)21-16(23)15(22)20-11-3-5-13-14(7-11)19-8-18-13/h2-8H,1H3,(H,18,19)(H,20,22)(H,21,23). The van der Waals surface area contributed by atoms with Gasteiger partial charge in [0.25, 0.3) is 0 Å². The van der Waals surface area contributed by atoms with Gasteiger partial charge in [-0.05, 0) is 71.5 Å². The molecule has 1 heterocycles. The molecule has 0 radical (unpaired) electrons. The number of hydrogen-bond donors (Lipinski definition) is 3. The van der Waals surface area contributed by atoms with Gasteiger partial charge >= 0.3 is 11.8 Å². The van der Waals surface area contributed by atoms with E-state index in [1.165, 1.54) is 0 Å². The van der Waals surface area contributed by atoms with Crippen LogP contribution in [0.2, 0.25) is 0 Å². The summed E-state index contributed by atoms with van der Waals surface area (Å²) in [5, 5.41) is 5.19. The van der Waals surface area contributed by atoms with Crippen LogP contribution in [0.1, 0.15) is 5.56 Å². The summed E-state index contributed by atoms with van der Waals surface area (Å²) in [6.45, 7) is 1.88. The number of aryl methyl sites for hydroxylation is 1. The van der Waals surface area contributed by atoms with Gasteiger partial charge in [0.15, 0.2) is 0 Å². The summed E-state index contributed by atoms with van der Waals surface area (Å²) in [7, 11) is 0. The zero-order chi connectivity index (χ0) is 16.4. The van der Waals surface area contributed by atoms with Crippen LogP contribution in [0.3, 0.4) is 0 Å². The average Bonchev–Trinajstić information content (AvgIpc) is 2.97. The highest BCUT2D eigenvalue weighted by Crippen LogP contribution is 2.18. The van der Waals surface area contributed by atoms with Crippen LogP contribution in [0.15, 0.2) is 42.7 Å². The van der Waals surface area contributed by atoms with Crippen molar-refractivity contribution in [2.75, 3.05) is 10.6 Å². The number of aromatic amines is 1. The Labute approximate surface area is 145 Å². The van der Waals surface area contributed by atoms with Gasteiger partial charge in [0.2, 0.25) is 0 Å². The zero-order valence-electron chi connectivity index (χ0n) is 12.2. The van der Waals surface area contributed by atoms with E-state index in [2.05, 4.69) is 43.2 Å². The predicted octanol–water partition coefficient (Wildman–Crippen LogP) is 3.05. The molecule has 23 heavy (non-hydrogen) atoms. The third kappa shape index (κ3) is 3.50. The van der Waals surface area contributed by atoms with Gasteiger partial charge < -0.3 is 15.6 Å². The number of nitrogens with one attached hydrogen (secondary N) is 3. The van der Waals surface area contributed by atoms with Crippen LogP contribution < -0.4 is 10.6 Å². The molecule has 0 atom stereocenters. The molecule has 0 aliphatic carbocycles. The molecule has 2 amide bonds. The van der Waals surface area contributed by atoms with Crippen LogP contribution in [0, 0.1) is 10.5 Å². The minimum Gasteiger partial charge on any atom is -0.345 e. The van der Waals surface area contributed by atoms with Gasteiger partial charge in [-0.1, -0.05) is 0 Å². The summed E-state index contributed by atoms with van der Waals surface area (Å²) in [4.78, 5) is 31.1. The van der Waals surface area contributed by atoms with E-state index in [4.69, 9.17) is 0 Å². The van der Waals surface area contributed by atoms with Crippen molar-refractivity contribution in [3.05, 3.63) is 51.9 Å². The summed E-state index contributed by atoms with van der Waals surface area (Å²) in [6.07, 6.45) is 1.57. The molecule has 0 saturated heterocycles. The third-order valence-corrected chi connectivity index (χ3v) is 3.99. The zero-order valence-corrected chi connectivity index (χ0v) is 14.3. The topological polar surface area (TPSA) is 86.9 Å². The van der Waals surface area contributed by atoms with E-state index in [1.54, 1.807) is 30.6 Å². The maximum absolute atomic E-state index is 12.0. The van der Waals surface area contributed by atoms with Gasteiger partial charge in [0.05, 0.1) is 17.4 Å². The number of amides is 2. The highest BCUT2D eigenvalue weighted by atomic mass is 127. The number of anilines is 2. The molecule has 7 heteroatoms. The Morgan fingerprint density at radius 1 is 1.09 bits per heavy atom. The van der Waals surface area contributed by atoms with Gasteiger partial charge in [-0.25, -0.2) is 4.98 Å². The van der Waals surface area contributed by atoms with E-state index in [-0.39, 0.29) is 0 Å². The second-order valence-electron chi connectivity index (χ2n) is 5.00. The van der Waals surface area contributed by atoms with Crippen molar-refractivity contribution in [2.24, 2.45) is 0 Å². The molecule has 0 aliphatic heterocycles. The molecule has 0 unspecified atom stereocenters. The Hall–Kier alpha value is -2.42. The van der Waals surface area contributed by atoms with Crippen molar-refractivity contribution in [3.8, 4) is 0 Å². The van der Waals surface area contributed by atoms with Gasteiger partial charge in [-0.3, -0.25) is 9.59 Å². The number of benzene rings is 2. The van der Waals surface area contributed by atoms with Crippen molar-refractivity contribution in [1.82, 2.24) is 9.97 Å². The van der Waals surface area contributed by atoms with E-state index in [9.17, 15) is 9.59 Å². The molecule has 2 aromatic carbocycles. The van der Waals surface area contributed by atoms with Gasteiger partial charge in [-0.15, -0.1) is 0 Å². The molecular formula is C16H13IN4O2. The molecule has 0 aliphatic rings. The van der Waals surface area contributed by atoms with Crippen LogP contribution in [-0.4, -0.2) is 21.8 Å². The lowest BCUT2D eigenvalue weighted by molar-refractivity contribution is -0.133. The van der Waals surface area contributed by atoms with Crippen molar-refractivity contribution < 1.29 is 9.59 Å². The number of carbonyl (C=O) groups excluding carboxylic acids is 2. The number of halogens is 1. The monoisotopic (exact) mass is 420 g/mol. The summed E-state index contributed by atoms with van der Waals surface area (Å²) in [5.74, 6) is -1.43. The maximum atomic E-state index is 12.0. The van der Waals surface area contributed by atoms with Crippen molar-refractivity contribution in [3.63, 3.8) is 0 Å². The van der Waals surface area contributed by atoms with E-state index in [0.29, 0.717) is 11.4 Å². The number of rotatable bonds is 2. The lowest BCUT2D eigenvalue weighted by atomic mass is 10.2. The Morgan fingerprint density at radius 2 is 1.87 bits per heavy atom. The summed E-state index contributed by atoms with van der Waals surface area (Å²) in [5.41, 5.74) is 3.63. The fourth-order valence-electron chi connectivity index (χ4n) is 2.15. The lowest BCUT2D eigenvalue weighted by Crippen LogP contribution is -2.29. The second kappa shape index (κ2) is 6.37. The molecule has 0 bridgehead atoms. The minimum atomic E-state index is -0.721. The van der Waals surface area contributed by atoms with Gasteiger partial charge in [-0.2, -0.15) is 0 Å². The Balaban J connectivity index is 1.70. The fourth-order valence-corrected chi connectivity index (χ4v) is 2.79. The predicted molar refractivity (Wildman–Crippen MR) is 97.2 cm³/mol. The van der Waals surface area contributed by atoms with Gasteiger partial charge in [0, 0.05) is 14.9 Å². The number of carbonyl (C=O) groups is 2. The Bertz CT molecular complexity index is 904. The molecule has 0 fully saturated rings. The Kier molecular flexibility index (Phi) is 4.28. The average molecular weight is 420 g/mol. The van der Waals surface area contributed by atoms with E-state index >= 15 is 0 Å². The number of H-pyrrole nitrogens is 1.